The van der Waals surface area contributed by atoms with Crippen molar-refractivity contribution >= 4 is 23.1 Å². The number of para-hydroxylation sites is 2. The molecule has 0 bridgehead atoms. The number of halogens is 1. The second-order valence-electron chi connectivity index (χ2n) is 6.05. The van der Waals surface area contributed by atoms with Gasteiger partial charge in [0.15, 0.2) is 11.3 Å². The molecule has 0 N–H and O–H groups in total. The molecule has 0 spiro atoms. The fourth-order valence-electron chi connectivity index (χ4n) is 2.66. The van der Waals surface area contributed by atoms with E-state index >= 15 is 0 Å². The smallest absolute Gasteiger partial charge is 0.331 e. The second-order valence-corrected chi connectivity index (χ2v) is 6.05. The Morgan fingerprint density at radius 2 is 1.96 bits per heavy atom. The van der Waals surface area contributed by atoms with E-state index in [1.165, 1.54) is 24.3 Å². The van der Waals surface area contributed by atoms with Gasteiger partial charge in [-0.1, -0.05) is 17.3 Å². The Morgan fingerprint density at radius 3 is 2.75 bits per heavy atom. The van der Waals surface area contributed by atoms with Gasteiger partial charge < -0.3 is 13.7 Å². The summed E-state index contributed by atoms with van der Waals surface area (Å²) in [6.45, 7) is 1.75. The normalized spacial score (nSPS) is 11.4. The lowest BCUT2D eigenvalue weighted by molar-refractivity contribution is -0.139. The van der Waals surface area contributed by atoms with Gasteiger partial charge in [-0.25, -0.2) is 14.2 Å². The third-order valence-corrected chi connectivity index (χ3v) is 4.15. The summed E-state index contributed by atoms with van der Waals surface area (Å²) in [7, 11) is 0. The summed E-state index contributed by atoms with van der Waals surface area (Å²) in [4.78, 5) is 16.2. The third-order valence-electron chi connectivity index (χ3n) is 4.15. The first-order valence-corrected chi connectivity index (χ1v) is 8.51. The zero-order valence-corrected chi connectivity index (χ0v) is 14.9. The molecule has 0 aliphatic rings. The number of ether oxygens (including phenoxy) is 1. The van der Waals surface area contributed by atoms with Crippen molar-refractivity contribution in [1.82, 2.24) is 10.1 Å². The summed E-state index contributed by atoms with van der Waals surface area (Å²) >= 11 is 0. The zero-order valence-electron chi connectivity index (χ0n) is 14.9. The molecule has 0 unspecified atom stereocenters. The van der Waals surface area contributed by atoms with Crippen LogP contribution in [0.3, 0.4) is 0 Å². The second kappa shape index (κ2) is 7.48. The first kappa shape index (κ1) is 17.7. The molecule has 4 rings (SSSR count). The van der Waals surface area contributed by atoms with Gasteiger partial charge in [-0.3, -0.25) is 0 Å². The van der Waals surface area contributed by atoms with E-state index in [-0.39, 0.29) is 12.4 Å². The lowest BCUT2D eigenvalue weighted by Crippen LogP contribution is -2.02. The van der Waals surface area contributed by atoms with Crippen LogP contribution >= 0.6 is 0 Å². The minimum absolute atomic E-state index is 0.0484. The Bertz CT molecular complexity index is 1130. The standard InChI is InChI=1S/C21H15FN2O4/c1-13-17(24-28-21(13)14-6-8-15(22)9-7-14)12-26-20(25)11-10-19-23-16-4-2-3-5-18(16)27-19/h2-11H,12H2,1H3/b11-10+. The number of hydrogen-bond donors (Lipinski definition) is 0. The van der Waals surface area contributed by atoms with Crippen LogP contribution in [-0.4, -0.2) is 16.1 Å². The summed E-state index contributed by atoms with van der Waals surface area (Å²) in [6.07, 6.45) is 2.68. The third kappa shape index (κ3) is 3.68. The topological polar surface area (TPSA) is 78.4 Å². The van der Waals surface area contributed by atoms with E-state index in [1.54, 1.807) is 25.1 Å². The van der Waals surface area contributed by atoms with Gasteiger partial charge in [-0.2, -0.15) is 0 Å². The zero-order chi connectivity index (χ0) is 19.5. The number of oxazole rings is 1. The van der Waals surface area contributed by atoms with Crippen LogP contribution in [0.5, 0.6) is 0 Å². The van der Waals surface area contributed by atoms with Crippen molar-refractivity contribution < 1.29 is 22.9 Å². The van der Waals surface area contributed by atoms with Crippen molar-refractivity contribution in [3.8, 4) is 11.3 Å². The molecule has 0 amide bonds. The molecule has 2 aromatic carbocycles. The number of esters is 1. The SMILES string of the molecule is Cc1c(COC(=O)/C=C/c2nc3ccccc3o2)noc1-c1ccc(F)cc1. The van der Waals surface area contributed by atoms with E-state index in [1.807, 2.05) is 18.2 Å². The quantitative estimate of drug-likeness (QED) is 0.370. The highest BCUT2D eigenvalue weighted by atomic mass is 19.1. The van der Waals surface area contributed by atoms with Crippen LogP contribution in [0.15, 0.2) is 63.5 Å². The summed E-state index contributed by atoms with van der Waals surface area (Å²) in [5, 5.41) is 3.93. The molecule has 2 aromatic heterocycles. The molecule has 0 radical (unpaired) electrons. The molecule has 140 valence electrons. The van der Waals surface area contributed by atoms with Crippen LogP contribution in [0.1, 0.15) is 17.1 Å². The van der Waals surface area contributed by atoms with E-state index in [0.29, 0.717) is 34.0 Å². The molecule has 0 saturated heterocycles. The molecular weight excluding hydrogens is 363 g/mol. The molecule has 0 aliphatic carbocycles. The fourth-order valence-corrected chi connectivity index (χ4v) is 2.66. The van der Waals surface area contributed by atoms with E-state index < -0.39 is 5.97 Å². The molecule has 0 aliphatic heterocycles. The lowest BCUT2D eigenvalue weighted by Gasteiger charge is -2.00. The van der Waals surface area contributed by atoms with Gasteiger partial charge in [0.2, 0.25) is 5.89 Å². The minimum atomic E-state index is -0.562. The maximum Gasteiger partial charge on any atom is 0.331 e. The number of aromatic nitrogens is 2. The number of hydrogen-bond acceptors (Lipinski definition) is 6. The van der Waals surface area contributed by atoms with Crippen LogP contribution in [-0.2, 0) is 16.1 Å². The van der Waals surface area contributed by atoms with Crippen LogP contribution in [0.2, 0.25) is 0 Å². The number of carbonyl (C=O) groups excluding carboxylic acids is 1. The summed E-state index contributed by atoms with van der Waals surface area (Å²) < 4.78 is 29.1. The number of rotatable bonds is 5. The van der Waals surface area contributed by atoms with Gasteiger partial charge >= 0.3 is 5.97 Å². The monoisotopic (exact) mass is 378 g/mol. The van der Waals surface area contributed by atoms with Crippen LogP contribution < -0.4 is 0 Å². The molecule has 6 nitrogen and oxygen atoms in total. The van der Waals surface area contributed by atoms with Gasteiger partial charge in [0.05, 0.1) is 0 Å². The first-order chi connectivity index (χ1) is 13.6. The summed E-state index contributed by atoms with van der Waals surface area (Å²) in [5.74, 6) is -0.0729. The predicted octanol–water partition coefficient (Wildman–Crippen LogP) is 4.69. The minimum Gasteiger partial charge on any atom is -0.456 e. The lowest BCUT2D eigenvalue weighted by atomic mass is 10.1. The molecule has 7 heteroatoms. The highest BCUT2D eigenvalue weighted by Gasteiger charge is 2.15. The molecule has 0 saturated carbocycles. The van der Waals surface area contributed by atoms with Crippen molar-refractivity contribution in [3.05, 3.63) is 77.6 Å². The van der Waals surface area contributed by atoms with Crippen molar-refractivity contribution in [3.63, 3.8) is 0 Å². The van der Waals surface area contributed by atoms with E-state index in [2.05, 4.69) is 10.1 Å². The average molecular weight is 378 g/mol. The Morgan fingerprint density at radius 1 is 1.18 bits per heavy atom. The summed E-state index contributed by atoms with van der Waals surface area (Å²) in [6, 6.07) is 13.2. The maximum atomic E-state index is 13.1. The van der Waals surface area contributed by atoms with Crippen molar-refractivity contribution in [2.75, 3.05) is 0 Å². The van der Waals surface area contributed by atoms with Crippen molar-refractivity contribution in [2.24, 2.45) is 0 Å². The molecule has 2 heterocycles. The highest BCUT2D eigenvalue weighted by Crippen LogP contribution is 2.26. The Balaban J connectivity index is 1.40. The molecule has 4 aromatic rings. The summed E-state index contributed by atoms with van der Waals surface area (Å²) in [5.41, 5.74) is 3.26. The first-order valence-electron chi connectivity index (χ1n) is 8.51. The molecule has 0 fully saturated rings. The van der Waals surface area contributed by atoms with Crippen LogP contribution in [0.25, 0.3) is 28.5 Å². The average Bonchev–Trinajstić information content (AvgIpc) is 3.28. The number of benzene rings is 2. The molecule has 0 atom stereocenters. The number of fused-ring (bicyclic) bond motifs is 1. The van der Waals surface area contributed by atoms with Gasteiger partial charge in [0.1, 0.15) is 23.6 Å². The fraction of sp³-hybridized carbons (Fsp3) is 0.0952. The van der Waals surface area contributed by atoms with E-state index in [0.717, 1.165) is 5.56 Å². The van der Waals surface area contributed by atoms with Crippen molar-refractivity contribution in [1.29, 1.82) is 0 Å². The molecular formula is C21H15FN2O4. The van der Waals surface area contributed by atoms with Crippen LogP contribution in [0.4, 0.5) is 4.39 Å². The van der Waals surface area contributed by atoms with Gasteiger partial charge in [0.25, 0.3) is 0 Å². The number of carbonyl (C=O) groups is 1. The molecule has 28 heavy (non-hydrogen) atoms. The van der Waals surface area contributed by atoms with Gasteiger partial charge in [0, 0.05) is 23.3 Å². The highest BCUT2D eigenvalue weighted by molar-refractivity contribution is 5.87. The van der Waals surface area contributed by atoms with Crippen LogP contribution in [0, 0.1) is 12.7 Å². The predicted molar refractivity (Wildman–Crippen MR) is 99.5 cm³/mol. The number of nitrogens with zero attached hydrogens (tertiary/aromatic N) is 2. The van der Waals surface area contributed by atoms with Gasteiger partial charge in [-0.05, 0) is 43.3 Å². The van der Waals surface area contributed by atoms with E-state index in [4.69, 9.17) is 13.7 Å². The maximum absolute atomic E-state index is 13.1. The Kier molecular flexibility index (Phi) is 4.72. The van der Waals surface area contributed by atoms with Gasteiger partial charge in [-0.15, -0.1) is 0 Å². The van der Waals surface area contributed by atoms with Crippen molar-refractivity contribution in [2.45, 2.75) is 13.5 Å². The Labute approximate surface area is 159 Å². The Hall–Kier alpha value is -3.74. The van der Waals surface area contributed by atoms with E-state index in [9.17, 15) is 9.18 Å². The largest absolute Gasteiger partial charge is 0.456 e.